The molecule has 0 unspecified atom stereocenters. The van der Waals surface area contributed by atoms with Crippen molar-refractivity contribution in [1.29, 1.82) is 0 Å². The maximum Gasteiger partial charge on any atom is 1.00 e. The number of amides is 6. The Morgan fingerprint density at radius 3 is 2.35 bits per heavy atom. The van der Waals surface area contributed by atoms with Crippen LogP contribution in [0.1, 0.15) is 32.4 Å². The average molecular weight is 541 g/mol. The Balaban J connectivity index is 0.00000380. The Morgan fingerprint density at radius 2 is 1.76 bits per heavy atom. The van der Waals surface area contributed by atoms with Crippen molar-refractivity contribution in [2.45, 2.75) is 49.0 Å². The van der Waals surface area contributed by atoms with E-state index in [1.165, 1.54) is 21.6 Å². The van der Waals surface area contributed by atoms with E-state index < -0.39 is 63.9 Å². The molecule has 0 aromatic heterocycles. The van der Waals surface area contributed by atoms with Crippen molar-refractivity contribution in [2.24, 2.45) is 0 Å². The summed E-state index contributed by atoms with van der Waals surface area (Å²) in [6.07, 6.45) is 0. The largest absolute Gasteiger partial charge is 1.00 e. The Morgan fingerprint density at radius 1 is 1.11 bits per heavy atom. The molecule has 1 aromatic rings. The van der Waals surface area contributed by atoms with Crippen molar-refractivity contribution in [1.82, 2.24) is 25.3 Å². The van der Waals surface area contributed by atoms with Crippen LogP contribution in [0.2, 0.25) is 0 Å². The van der Waals surface area contributed by atoms with Gasteiger partial charge in [-0.25, -0.2) is 9.59 Å². The number of piperazine rings is 1. The molecule has 37 heavy (non-hydrogen) atoms. The normalized spacial score (nSPS) is 25.0. The van der Waals surface area contributed by atoms with Crippen molar-refractivity contribution < 1.29 is 63.4 Å². The average Bonchev–Trinajstić information content (AvgIpc) is 3.10. The van der Waals surface area contributed by atoms with Crippen molar-refractivity contribution in [3.05, 3.63) is 35.9 Å². The number of carbonyl (C=O) groups is 6. The van der Waals surface area contributed by atoms with E-state index in [9.17, 15) is 33.9 Å². The number of β-lactam (4-membered cyclic amide) rings is 1. The molecule has 3 saturated heterocycles. The quantitative estimate of drug-likeness (QED) is 0.193. The van der Waals surface area contributed by atoms with Crippen LogP contribution in [0.4, 0.5) is 4.79 Å². The number of likely N-dealkylation sites (N-methyl/N-ethyl adjacent to an activating group) is 1. The molecule has 0 spiro atoms. The topological polar surface area (TPSA) is 156 Å². The zero-order valence-electron chi connectivity index (χ0n) is 21.0. The fraction of sp³-hybridized carbons (Fsp3) is 0.478. The number of urea groups is 1. The van der Waals surface area contributed by atoms with Gasteiger partial charge in [-0.2, -0.15) is 0 Å². The molecule has 12 nitrogen and oxygen atoms in total. The number of thioether (sulfide) groups is 1. The number of carboxylic acids is 1. The summed E-state index contributed by atoms with van der Waals surface area (Å²) in [6, 6.07) is 4.11. The molecule has 0 radical (unpaired) electrons. The van der Waals surface area contributed by atoms with Gasteiger partial charge < -0.3 is 25.5 Å². The van der Waals surface area contributed by atoms with Crippen molar-refractivity contribution in [3.63, 3.8) is 0 Å². The molecule has 3 fully saturated rings. The van der Waals surface area contributed by atoms with Crippen molar-refractivity contribution in [3.8, 4) is 0 Å². The number of hydrogen-bond donors (Lipinski definition) is 3. The minimum atomic E-state index is -1.26. The summed E-state index contributed by atoms with van der Waals surface area (Å²) in [5.74, 6) is -4.12. The monoisotopic (exact) mass is 540 g/mol. The number of carbonyl (C=O) groups excluding carboxylic acids is 5. The second kappa shape index (κ2) is 11.0. The van der Waals surface area contributed by atoms with Crippen LogP contribution in [-0.4, -0.2) is 97.3 Å². The molecule has 3 heterocycles. The van der Waals surface area contributed by atoms with E-state index in [1.807, 2.05) is 0 Å². The predicted molar refractivity (Wildman–Crippen MR) is 127 cm³/mol. The molecule has 4 rings (SSSR count). The van der Waals surface area contributed by atoms with Gasteiger partial charge in [-0.15, -0.1) is 11.8 Å². The van der Waals surface area contributed by atoms with Gasteiger partial charge in [-0.1, -0.05) is 30.3 Å². The van der Waals surface area contributed by atoms with Gasteiger partial charge >= 0.3 is 53.4 Å². The van der Waals surface area contributed by atoms with E-state index in [2.05, 4.69) is 10.6 Å². The maximum atomic E-state index is 13.3. The molecule has 4 atom stereocenters. The number of benzene rings is 1. The summed E-state index contributed by atoms with van der Waals surface area (Å²) in [5.41, 5.74) is 0.403. The third-order valence-electron chi connectivity index (χ3n) is 6.57. The molecule has 192 valence electrons. The zero-order chi connectivity index (χ0) is 26.4. The van der Waals surface area contributed by atoms with Gasteiger partial charge in [-0.3, -0.25) is 24.1 Å². The van der Waals surface area contributed by atoms with E-state index in [0.717, 1.165) is 4.90 Å². The Kier molecular flexibility index (Phi) is 8.62. The van der Waals surface area contributed by atoms with Crippen LogP contribution < -0.4 is 40.2 Å². The molecule has 3 aliphatic rings. The minimum absolute atomic E-state index is 0. The van der Waals surface area contributed by atoms with Gasteiger partial charge in [0.25, 0.3) is 0 Å². The fourth-order valence-corrected chi connectivity index (χ4v) is 6.32. The Labute approximate surface area is 239 Å². The first-order valence-corrected chi connectivity index (χ1v) is 12.3. The molecule has 3 aliphatic heterocycles. The van der Waals surface area contributed by atoms with Gasteiger partial charge in [0.15, 0.2) is 0 Å². The molecule has 14 heteroatoms. The molecule has 0 bridgehead atoms. The Hall–Kier alpha value is -2.61. The number of rotatable bonds is 6. The van der Waals surface area contributed by atoms with Gasteiger partial charge in [0.2, 0.25) is 11.8 Å². The number of aliphatic carboxylic acids is 1. The predicted octanol–water partition coefficient (Wildman–Crippen LogP) is -3.24. The smallest absolute Gasteiger partial charge is 0.480 e. The number of carboxylic acid groups (broad SMARTS) is 1. The molecule has 6 amide bonds. The number of hydrogen-bond acceptors (Lipinski definition) is 7. The maximum absolute atomic E-state index is 13.3. The van der Waals surface area contributed by atoms with Crippen LogP contribution in [0.25, 0.3) is 0 Å². The van der Waals surface area contributed by atoms with Crippen LogP contribution in [0.3, 0.4) is 0 Å². The summed E-state index contributed by atoms with van der Waals surface area (Å²) >= 11 is 1.28. The van der Waals surface area contributed by atoms with Gasteiger partial charge in [0.05, 0.1) is 0 Å². The summed E-state index contributed by atoms with van der Waals surface area (Å²) in [5, 5.41) is 14.2. The summed E-state index contributed by atoms with van der Waals surface area (Å²) in [4.78, 5) is 78.8. The van der Waals surface area contributed by atoms with Crippen molar-refractivity contribution in [2.75, 3.05) is 19.6 Å². The summed E-state index contributed by atoms with van der Waals surface area (Å²) in [6.45, 7) is 5.67. The van der Waals surface area contributed by atoms with E-state index in [4.69, 9.17) is 0 Å². The SMILES string of the molecule is CCN1CCN(C(=O)N[C@@H](C(=O)N[C@@H]2C(=O)N3[C@@H]2SC(C)(C)[C@@H]3C(=O)O)c2ccccc2)C(=O)C1=O.[Na+]. The van der Waals surface area contributed by atoms with Gasteiger partial charge in [0.1, 0.15) is 23.5 Å². The number of fused-ring (bicyclic) bond motifs is 1. The molecular formula is C23H27N5NaO7S+. The number of nitrogens with zero attached hydrogens (tertiary/aromatic N) is 3. The standard InChI is InChI=1S/C23H27N5O7S.Na/c1-4-26-10-11-27(19(32)18(26)31)22(35)25-13(12-8-6-5-7-9-12)16(29)24-14-17(30)28-15(21(33)34)23(2,3)36-20(14)28;/h5-9,13-15,20H,4,10-11H2,1-3H3,(H,24,29)(H,25,35)(H,33,34);/q;+1/t13-,14-,15+,20-;/m1./s1. The minimum Gasteiger partial charge on any atom is -0.480 e. The van der Waals surface area contributed by atoms with Gasteiger partial charge in [-0.05, 0) is 26.3 Å². The van der Waals surface area contributed by atoms with Crippen LogP contribution in [0, 0.1) is 0 Å². The fourth-order valence-electron chi connectivity index (χ4n) is 4.70. The first-order chi connectivity index (χ1) is 17.0. The van der Waals surface area contributed by atoms with E-state index in [0.29, 0.717) is 12.1 Å². The third-order valence-corrected chi connectivity index (χ3v) is 8.14. The number of imide groups is 1. The van der Waals surface area contributed by atoms with Crippen LogP contribution >= 0.6 is 11.8 Å². The second-order valence-electron chi connectivity index (χ2n) is 9.22. The summed E-state index contributed by atoms with van der Waals surface area (Å²) in [7, 11) is 0. The molecule has 3 N–H and O–H groups in total. The molecule has 0 aliphatic carbocycles. The Bertz CT molecular complexity index is 1130. The molecule has 0 saturated carbocycles. The first-order valence-electron chi connectivity index (χ1n) is 11.5. The summed E-state index contributed by atoms with van der Waals surface area (Å²) < 4.78 is -0.758. The van der Waals surface area contributed by atoms with E-state index >= 15 is 0 Å². The third kappa shape index (κ3) is 5.22. The molecule has 1 aromatic carbocycles. The molecular weight excluding hydrogens is 513 g/mol. The zero-order valence-corrected chi connectivity index (χ0v) is 23.8. The van der Waals surface area contributed by atoms with Gasteiger partial charge in [0, 0.05) is 24.4 Å². The van der Waals surface area contributed by atoms with E-state index in [1.54, 1.807) is 51.1 Å². The van der Waals surface area contributed by atoms with Crippen molar-refractivity contribution >= 4 is 47.4 Å². The number of nitrogens with one attached hydrogen (secondary N) is 2. The van der Waals surface area contributed by atoms with E-state index in [-0.39, 0.29) is 42.6 Å². The van der Waals surface area contributed by atoms with Crippen LogP contribution in [0.15, 0.2) is 30.3 Å². The first kappa shape index (κ1) is 29.0. The van der Waals surface area contributed by atoms with Crippen LogP contribution in [-0.2, 0) is 24.0 Å². The van der Waals surface area contributed by atoms with Crippen LogP contribution in [0.5, 0.6) is 0 Å². The second-order valence-corrected chi connectivity index (χ2v) is 11.0.